The number of nitrogens with one attached hydrogen (secondary N) is 1. The van der Waals surface area contributed by atoms with Gasteiger partial charge in [-0.2, -0.15) is 0 Å². The average molecular weight is 288 g/mol. The highest BCUT2D eigenvalue weighted by atomic mass is 32.1. The van der Waals surface area contributed by atoms with Crippen molar-refractivity contribution in [2.45, 2.75) is 33.5 Å². The van der Waals surface area contributed by atoms with Gasteiger partial charge in [-0.3, -0.25) is 4.90 Å². The summed E-state index contributed by atoms with van der Waals surface area (Å²) in [7, 11) is 0. The van der Waals surface area contributed by atoms with Gasteiger partial charge in [0, 0.05) is 24.5 Å². The van der Waals surface area contributed by atoms with E-state index in [4.69, 9.17) is 0 Å². The zero-order valence-corrected chi connectivity index (χ0v) is 13.2. The van der Waals surface area contributed by atoms with Crippen molar-refractivity contribution in [1.29, 1.82) is 0 Å². The Labute approximate surface area is 126 Å². The number of hydrogen-bond acceptors (Lipinski definition) is 3. The van der Waals surface area contributed by atoms with Crippen molar-refractivity contribution in [2.24, 2.45) is 0 Å². The fourth-order valence-electron chi connectivity index (χ4n) is 2.29. The second kappa shape index (κ2) is 8.20. The molecule has 0 amide bonds. The largest absolute Gasteiger partial charge is 0.313 e. The molecular weight excluding hydrogens is 264 g/mol. The molecule has 1 heterocycles. The first-order chi connectivity index (χ1) is 9.83. The number of nitrogens with zero attached hydrogens (tertiary/aromatic N) is 1. The molecule has 1 aromatic carbocycles. The molecule has 0 aliphatic heterocycles. The van der Waals surface area contributed by atoms with E-state index >= 15 is 0 Å². The lowest BCUT2D eigenvalue weighted by Crippen LogP contribution is -2.23. The minimum atomic E-state index is 0.962. The summed E-state index contributed by atoms with van der Waals surface area (Å²) < 4.78 is 0. The maximum atomic E-state index is 3.43. The van der Waals surface area contributed by atoms with Crippen LogP contribution in [-0.4, -0.2) is 18.0 Å². The van der Waals surface area contributed by atoms with E-state index in [1.54, 1.807) is 0 Å². The van der Waals surface area contributed by atoms with Crippen molar-refractivity contribution in [3.05, 3.63) is 57.8 Å². The highest BCUT2D eigenvalue weighted by Crippen LogP contribution is 2.16. The number of hydrogen-bond donors (Lipinski definition) is 1. The molecule has 3 heteroatoms. The van der Waals surface area contributed by atoms with Gasteiger partial charge in [0.05, 0.1) is 0 Å². The Morgan fingerprint density at radius 3 is 2.45 bits per heavy atom. The SMILES string of the molecule is CCNCc1ccccc1CN(CC)Cc1cccs1. The van der Waals surface area contributed by atoms with E-state index < -0.39 is 0 Å². The van der Waals surface area contributed by atoms with Crippen molar-refractivity contribution in [1.82, 2.24) is 10.2 Å². The Morgan fingerprint density at radius 1 is 1.00 bits per heavy atom. The molecule has 0 fully saturated rings. The molecule has 2 nitrogen and oxygen atoms in total. The van der Waals surface area contributed by atoms with E-state index in [0.717, 1.165) is 32.7 Å². The molecule has 108 valence electrons. The first kappa shape index (κ1) is 15.2. The monoisotopic (exact) mass is 288 g/mol. The maximum absolute atomic E-state index is 3.43. The molecule has 0 saturated heterocycles. The fraction of sp³-hybridized carbons (Fsp3) is 0.412. The molecule has 2 aromatic rings. The third-order valence-electron chi connectivity index (χ3n) is 3.48. The lowest BCUT2D eigenvalue weighted by atomic mass is 10.1. The molecule has 0 spiro atoms. The molecular formula is C17H24N2S. The van der Waals surface area contributed by atoms with Crippen LogP contribution in [0.1, 0.15) is 29.9 Å². The van der Waals surface area contributed by atoms with Gasteiger partial charge in [-0.15, -0.1) is 11.3 Å². The summed E-state index contributed by atoms with van der Waals surface area (Å²) in [5.74, 6) is 0. The van der Waals surface area contributed by atoms with E-state index in [1.807, 2.05) is 11.3 Å². The summed E-state index contributed by atoms with van der Waals surface area (Å²) >= 11 is 1.84. The Hall–Kier alpha value is -1.16. The van der Waals surface area contributed by atoms with E-state index in [9.17, 15) is 0 Å². The molecule has 20 heavy (non-hydrogen) atoms. The highest BCUT2D eigenvalue weighted by Gasteiger charge is 2.08. The van der Waals surface area contributed by atoms with Gasteiger partial charge in [0.1, 0.15) is 0 Å². The van der Waals surface area contributed by atoms with E-state index in [2.05, 4.69) is 65.8 Å². The normalized spacial score (nSPS) is 11.2. The third kappa shape index (κ3) is 4.44. The van der Waals surface area contributed by atoms with Crippen LogP contribution in [0.5, 0.6) is 0 Å². The van der Waals surface area contributed by atoms with Gasteiger partial charge in [0.25, 0.3) is 0 Å². The summed E-state index contributed by atoms with van der Waals surface area (Å²) in [4.78, 5) is 3.94. The molecule has 0 saturated carbocycles. The number of thiophene rings is 1. The van der Waals surface area contributed by atoms with Gasteiger partial charge >= 0.3 is 0 Å². The Bertz CT molecular complexity index is 493. The van der Waals surface area contributed by atoms with Crippen molar-refractivity contribution >= 4 is 11.3 Å². The molecule has 0 atom stereocenters. The lowest BCUT2D eigenvalue weighted by molar-refractivity contribution is 0.273. The van der Waals surface area contributed by atoms with Crippen molar-refractivity contribution in [3.63, 3.8) is 0 Å². The van der Waals surface area contributed by atoms with Gasteiger partial charge in [-0.1, -0.05) is 44.2 Å². The average Bonchev–Trinajstić information content (AvgIpc) is 2.98. The summed E-state index contributed by atoms with van der Waals surface area (Å²) in [6, 6.07) is 13.1. The van der Waals surface area contributed by atoms with Crippen LogP contribution in [0.15, 0.2) is 41.8 Å². The number of benzene rings is 1. The summed E-state index contributed by atoms with van der Waals surface area (Å²) in [6.45, 7) is 9.51. The molecule has 0 radical (unpaired) electrons. The smallest absolute Gasteiger partial charge is 0.0331 e. The quantitative estimate of drug-likeness (QED) is 0.793. The van der Waals surface area contributed by atoms with Crippen molar-refractivity contribution in [3.8, 4) is 0 Å². The Morgan fingerprint density at radius 2 is 1.80 bits per heavy atom. The summed E-state index contributed by atoms with van der Waals surface area (Å²) in [6.07, 6.45) is 0. The van der Waals surface area contributed by atoms with E-state index in [0.29, 0.717) is 0 Å². The second-order valence-electron chi connectivity index (χ2n) is 4.93. The zero-order chi connectivity index (χ0) is 14.2. The molecule has 1 N–H and O–H groups in total. The van der Waals surface area contributed by atoms with Gasteiger partial charge in [0.2, 0.25) is 0 Å². The molecule has 0 aliphatic rings. The summed E-state index contributed by atoms with van der Waals surface area (Å²) in [5, 5.41) is 5.58. The van der Waals surface area contributed by atoms with Gasteiger partial charge in [-0.25, -0.2) is 0 Å². The zero-order valence-electron chi connectivity index (χ0n) is 12.4. The van der Waals surface area contributed by atoms with Crippen molar-refractivity contribution in [2.75, 3.05) is 13.1 Å². The fourth-order valence-corrected chi connectivity index (χ4v) is 3.03. The van der Waals surface area contributed by atoms with Crippen LogP contribution in [-0.2, 0) is 19.6 Å². The minimum Gasteiger partial charge on any atom is -0.313 e. The third-order valence-corrected chi connectivity index (χ3v) is 4.35. The predicted octanol–water partition coefficient (Wildman–Crippen LogP) is 3.88. The minimum absolute atomic E-state index is 0.962. The second-order valence-corrected chi connectivity index (χ2v) is 5.96. The lowest BCUT2D eigenvalue weighted by Gasteiger charge is -2.21. The Kier molecular flexibility index (Phi) is 6.25. The van der Waals surface area contributed by atoms with Crippen LogP contribution in [0.3, 0.4) is 0 Å². The van der Waals surface area contributed by atoms with E-state index in [-0.39, 0.29) is 0 Å². The maximum Gasteiger partial charge on any atom is 0.0331 e. The van der Waals surface area contributed by atoms with Crippen LogP contribution < -0.4 is 5.32 Å². The van der Waals surface area contributed by atoms with Crippen LogP contribution >= 0.6 is 11.3 Å². The van der Waals surface area contributed by atoms with Crippen LogP contribution in [0.2, 0.25) is 0 Å². The van der Waals surface area contributed by atoms with Gasteiger partial charge < -0.3 is 5.32 Å². The summed E-state index contributed by atoms with van der Waals surface area (Å²) in [5.41, 5.74) is 2.85. The van der Waals surface area contributed by atoms with Crippen LogP contribution in [0, 0.1) is 0 Å². The number of rotatable bonds is 8. The van der Waals surface area contributed by atoms with Gasteiger partial charge in [0.15, 0.2) is 0 Å². The predicted molar refractivity (Wildman–Crippen MR) is 87.9 cm³/mol. The van der Waals surface area contributed by atoms with Crippen LogP contribution in [0.4, 0.5) is 0 Å². The van der Waals surface area contributed by atoms with Crippen LogP contribution in [0.25, 0.3) is 0 Å². The molecule has 2 rings (SSSR count). The topological polar surface area (TPSA) is 15.3 Å². The van der Waals surface area contributed by atoms with Crippen molar-refractivity contribution < 1.29 is 0 Å². The van der Waals surface area contributed by atoms with Gasteiger partial charge in [-0.05, 0) is 35.7 Å². The molecule has 0 bridgehead atoms. The molecule has 0 aliphatic carbocycles. The molecule has 1 aromatic heterocycles. The first-order valence-electron chi connectivity index (χ1n) is 7.35. The van der Waals surface area contributed by atoms with E-state index in [1.165, 1.54) is 16.0 Å². The highest BCUT2D eigenvalue weighted by molar-refractivity contribution is 7.09. The molecule has 0 unspecified atom stereocenters. The standard InChI is InChI=1S/C17H24N2S/c1-3-18-12-15-8-5-6-9-16(15)13-19(4-2)14-17-10-7-11-20-17/h5-11,18H,3-4,12-14H2,1-2H3. The first-order valence-corrected chi connectivity index (χ1v) is 8.23. The Balaban J connectivity index is 2.03.